The number of benzene rings is 2. The second-order valence-electron chi connectivity index (χ2n) is 6.33. The van der Waals surface area contributed by atoms with Gasteiger partial charge in [-0.05, 0) is 49.2 Å². The fourth-order valence-electron chi connectivity index (χ4n) is 2.54. The van der Waals surface area contributed by atoms with Gasteiger partial charge in [0.1, 0.15) is 0 Å². The molecule has 150 valence electrons. The quantitative estimate of drug-likeness (QED) is 0.530. The number of carbonyl (C=O) groups is 2. The molecule has 8 heteroatoms. The highest BCUT2D eigenvalue weighted by atomic mass is 32.2. The van der Waals surface area contributed by atoms with E-state index in [9.17, 15) is 18.0 Å². The average molecular weight is 404 g/mol. The van der Waals surface area contributed by atoms with Crippen LogP contribution in [0.3, 0.4) is 0 Å². The lowest BCUT2D eigenvalue weighted by atomic mass is 10.2. The van der Waals surface area contributed by atoms with Gasteiger partial charge in [-0.2, -0.15) is 0 Å². The van der Waals surface area contributed by atoms with Crippen LogP contribution in [0.4, 0.5) is 11.4 Å². The predicted octanol–water partition coefficient (Wildman–Crippen LogP) is 3.12. The molecule has 2 aromatic carbocycles. The zero-order valence-electron chi connectivity index (χ0n) is 15.8. The van der Waals surface area contributed by atoms with Crippen LogP contribution in [0.1, 0.15) is 32.6 Å². The Bertz CT molecular complexity index is 881. The summed E-state index contributed by atoms with van der Waals surface area (Å²) in [6.07, 6.45) is 2.43. The number of hydrogen-bond acceptors (Lipinski definition) is 4. The minimum atomic E-state index is -3.47. The normalized spacial score (nSPS) is 11.0. The number of hydrogen-bond donors (Lipinski definition) is 3. The molecule has 0 spiro atoms. The second-order valence-corrected chi connectivity index (χ2v) is 8.10. The maximum atomic E-state index is 12.1. The molecule has 0 aromatic heterocycles. The number of nitrogens with one attached hydrogen (secondary N) is 3. The first kappa shape index (κ1) is 21.6. The van der Waals surface area contributed by atoms with Gasteiger partial charge in [0, 0.05) is 31.3 Å². The lowest BCUT2D eigenvalue weighted by Crippen LogP contribution is -2.24. The van der Waals surface area contributed by atoms with E-state index in [1.807, 2.05) is 0 Å². The molecule has 7 nitrogen and oxygen atoms in total. The summed E-state index contributed by atoms with van der Waals surface area (Å²) >= 11 is 0. The van der Waals surface area contributed by atoms with E-state index in [1.54, 1.807) is 54.6 Å². The van der Waals surface area contributed by atoms with Crippen molar-refractivity contribution in [1.82, 2.24) is 4.72 Å². The van der Waals surface area contributed by atoms with E-state index in [4.69, 9.17) is 0 Å². The van der Waals surface area contributed by atoms with Crippen LogP contribution in [-0.2, 0) is 19.6 Å². The molecule has 0 radical (unpaired) electrons. The summed E-state index contributed by atoms with van der Waals surface area (Å²) in [4.78, 5) is 23.2. The molecule has 0 bridgehead atoms. The minimum Gasteiger partial charge on any atom is -0.326 e. The van der Waals surface area contributed by atoms with E-state index in [2.05, 4.69) is 15.4 Å². The maximum Gasteiger partial charge on any atom is 0.240 e. The number of sulfonamides is 1. The molecule has 0 fully saturated rings. The van der Waals surface area contributed by atoms with Crippen LogP contribution >= 0.6 is 0 Å². The Balaban J connectivity index is 1.63. The summed E-state index contributed by atoms with van der Waals surface area (Å²) in [6.45, 7) is 1.77. The van der Waals surface area contributed by atoms with Crippen molar-refractivity contribution in [2.24, 2.45) is 0 Å². The SMILES string of the molecule is CC(=O)Nc1ccc(NC(=O)CCCCCNS(=O)(=O)c2ccccc2)cc1. The van der Waals surface area contributed by atoms with E-state index in [0.29, 0.717) is 37.2 Å². The van der Waals surface area contributed by atoms with Crippen LogP contribution in [-0.4, -0.2) is 26.8 Å². The third-order valence-electron chi connectivity index (χ3n) is 3.92. The number of rotatable bonds is 10. The lowest BCUT2D eigenvalue weighted by Gasteiger charge is -2.08. The van der Waals surface area contributed by atoms with Gasteiger partial charge in [0.05, 0.1) is 4.90 Å². The molecule has 0 aliphatic carbocycles. The van der Waals surface area contributed by atoms with Crippen molar-refractivity contribution in [3.05, 3.63) is 54.6 Å². The summed E-state index contributed by atoms with van der Waals surface area (Å²) in [7, 11) is -3.47. The fraction of sp³-hybridized carbons (Fsp3) is 0.300. The number of anilines is 2. The fourth-order valence-corrected chi connectivity index (χ4v) is 3.64. The highest BCUT2D eigenvalue weighted by Gasteiger charge is 2.11. The van der Waals surface area contributed by atoms with Crippen LogP contribution in [0.5, 0.6) is 0 Å². The molecule has 2 amide bonds. The van der Waals surface area contributed by atoms with Crippen LogP contribution in [0.15, 0.2) is 59.5 Å². The van der Waals surface area contributed by atoms with Gasteiger partial charge < -0.3 is 10.6 Å². The monoisotopic (exact) mass is 403 g/mol. The van der Waals surface area contributed by atoms with E-state index < -0.39 is 10.0 Å². The van der Waals surface area contributed by atoms with Gasteiger partial charge in [0.2, 0.25) is 21.8 Å². The molecule has 0 atom stereocenters. The van der Waals surface area contributed by atoms with Crippen LogP contribution < -0.4 is 15.4 Å². The third kappa shape index (κ3) is 7.50. The van der Waals surface area contributed by atoms with Crippen molar-refractivity contribution in [2.75, 3.05) is 17.2 Å². The van der Waals surface area contributed by atoms with Crippen molar-refractivity contribution < 1.29 is 18.0 Å². The Morgan fingerprint density at radius 2 is 1.43 bits per heavy atom. The van der Waals surface area contributed by atoms with Crippen molar-refractivity contribution >= 4 is 33.2 Å². The molecule has 28 heavy (non-hydrogen) atoms. The standard InChI is InChI=1S/C20H25N3O4S/c1-16(24)22-17-11-13-18(14-12-17)23-20(25)10-6-3-7-15-21-28(26,27)19-8-4-2-5-9-19/h2,4-5,8-9,11-14,21H,3,6-7,10,15H2,1H3,(H,22,24)(H,23,25). The van der Waals surface area contributed by atoms with Gasteiger partial charge in [-0.25, -0.2) is 13.1 Å². The number of amides is 2. The summed E-state index contributed by atoms with van der Waals surface area (Å²) in [5.41, 5.74) is 1.33. The molecule has 0 saturated carbocycles. The Kier molecular flexibility index (Phi) is 8.16. The van der Waals surface area contributed by atoms with Gasteiger partial charge in [0.15, 0.2) is 0 Å². The lowest BCUT2D eigenvalue weighted by molar-refractivity contribution is -0.116. The molecule has 0 saturated heterocycles. The largest absolute Gasteiger partial charge is 0.326 e. The zero-order chi connectivity index (χ0) is 20.4. The first-order chi connectivity index (χ1) is 13.4. The highest BCUT2D eigenvalue weighted by Crippen LogP contribution is 2.14. The second kappa shape index (κ2) is 10.6. The van der Waals surface area contributed by atoms with E-state index in [0.717, 1.165) is 6.42 Å². The summed E-state index contributed by atoms with van der Waals surface area (Å²) in [6, 6.07) is 15.1. The molecule has 0 aliphatic rings. The number of unbranched alkanes of at least 4 members (excludes halogenated alkanes) is 2. The molecular weight excluding hydrogens is 378 g/mol. The van der Waals surface area contributed by atoms with Gasteiger partial charge in [-0.15, -0.1) is 0 Å². The molecular formula is C20H25N3O4S. The van der Waals surface area contributed by atoms with Gasteiger partial charge in [-0.3, -0.25) is 9.59 Å². The molecule has 0 aliphatic heterocycles. The minimum absolute atomic E-state index is 0.0999. The topological polar surface area (TPSA) is 104 Å². The predicted molar refractivity (Wildman–Crippen MR) is 109 cm³/mol. The summed E-state index contributed by atoms with van der Waals surface area (Å²) < 4.78 is 26.7. The summed E-state index contributed by atoms with van der Waals surface area (Å²) in [5.74, 6) is -0.250. The molecule has 3 N–H and O–H groups in total. The van der Waals surface area contributed by atoms with Gasteiger partial charge in [0.25, 0.3) is 0 Å². The van der Waals surface area contributed by atoms with Gasteiger partial charge in [-0.1, -0.05) is 24.6 Å². The molecule has 2 aromatic rings. The Morgan fingerprint density at radius 3 is 2.04 bits per heavy atom. The average Bonchev–Trinajstić information content (AvgIpc) is 2.66. The highest BCUT2D eigenvalue weighted by molar-refractivity contribution is 7.89. The summed E-state index contributed by atoms with van der Waals surface area (Å²) in [5, 5.41) is 5.46. The third-order valence-corrected chi connectivity index (χ3v) is 5.39. The van der Waals surface area contributed by atoms with Crippen molar-refractivity contribution in [2.45, 2.75) is 37.5 Å². The van der Waals surface area contributed by atoms with E-state index in [1.165, 1.54) is 6.92 Å². The first-order valence-corrected chi connectivity index (χ1v) is 10.6. The molecule has 0 unspecified atom stereocenters. The zero-order valence-corrected chi connectivity index (χ0v) is 16.6. The van der Waals surface area contributed by atoms with Gasteiger partial charge >= 0.3 is 0 Å². The maximum absolute atomic E-state index is 12.1. The van der Waals surface area contributed by atoms with Crippen molar-refractivity contribution in [3.63, 3.8) is 0 Å². The molecule has 2 rings (SSSR count). The Labute approximate surface area is 165 Å². The van der Waals surface area contributed by atoms with Crippen LogP contribution in [0, 0.1) is 0 Å². The Morgan fingerprint density at radius 1 is 0.821 bits per heavy atom. The smallest absolute Gasteiger partial charge is 0.240 e. The van der Waals surface area contributed by atoms with E-state index >= 15 is 0 Å². The first-order valence-electron chi connectivity index (χ1n) is 9.09. The van der Waals surface area contributed by atoms with Crippen molar-refractivity contribution in [1.29, 1.82) is 0 Å². The van der Waals surface area contributed by atoms with Crippen molar-refractivity contribution in [3.8, 4) is 0 Å². The number of carbonyl (C=O) groups excluding carboxylic acids is 2. The Hall–Kier alpha value is -2.71. The van der Waals surface area contributed by atoms with Crippen LogP contribution in [0.2, 0.25) is 0 Å². The van der Waals surface area contributed by atoms with E-state index in [-0.39, 0.29) is 16.7 Å². The van der Waals surface area contributed by atoms with Crippen LogP contribution in [0.25, 0.3) is 0 Å². The molecule has 0 heterocycles.